The molecule has 1 aliphatic heterocycles. The summed E-state index contributed by atoms with van der Waals surface area (Å²) in [6.07, 6.45) is 0.711. The van der Waals surface area contributed by atoms with Gasteiger partial charge >= 0.3 is 0 Å². The van der Waals surface area contributed by atoms with Crippen LogP contribution >= 0.6 is 11.6 Å². The van der Waals surface area contributed by atoms with E-state index < -0.39 is 0 Å². The zero-order valence-corrected chi connectivity index (χ0v) is 14.8. The first-order chi connectivity index (χ1) is 12.1. The molecular formula is C19H20ClNO4. The zero-order valence-electron chi connectivity index (χ0n) is 14.0. The topological polar surface area (TPSA) is 56.8 Å². The van der Waals surface area contributed by atoms with Crippen LogP contribution in [0.1, 0.15) is 11.1 Å². The third kappa shape index (κ3) is 4.79. The number of rotatable bonds is 6. The van der Waals surface area contributed by atoms with Crippen LogP contribution in [0.5, 0.6) is 17.2 Å². The Bertz CT molecular complexity index is 763. The summed E-state index contributed by atoms with van der Waals surface area (Å²) >= 11 is 5.96. The molecular weight excluding hydrogens is 342 g/mol. The van der Waals surface area contributed by atoms with E-state index in [2.05, 4.69) is 5.32 Å². The van der Waals surface area contributed by atoms with Crippen LogP contribution in [0, 0.1) is 6.92 Å². The molecule has 0 bridgehead atoms. The lowest BCUT2D eigenvalue weighted by atomic mass is 10.1. The standard InChI is InChI=1S/C19H20ClNO4/c1-13-10-15(3-4-16(13)20)25-12-19(22)21-7-6-14-2-5-17-18(11-14)24-9-8-23-17/h2-5,10-11H,6-9,12H2,1H3,(H,21,22). The van der Waals surface area contributed by atoms with Crippen molar-refractivity contribution in [3.8, 4) is 17.2 Å². The minimum absolute atomic E-state index is 0.0256. The predicted octanol–water partition coefficient (Wildman–Crippen LogP) is 3.16. The highest BCUT2D eigenvalue weighted by molar-refractivity contribution is 6.31. The molecule has 0 aliphatic carbocycles. The number of carbonyl (C=O) groups excluding carboxylic acids is 1. The lowest BCUT2D eigenvalue weighted by Gasteiger charge is -2.18. The zero-order chi connectivity index (χ0) is 17.6. The van der Waals surface area contributed by atoms with Crippen molar-refractivity contribution in [3.63, 3.8) is 0 Å². The summed E-state index contributed by atoms with van der Waals surface area (Å²) in [4.78, 5) is 11.9. The van der Waals surface area contributed by atoms with Gasteiger partial charge in [-0.25, -0.2) is 0 Å². The van der Waals surface area contributed by atoms with Gasteiger partial charge in [0.2, 0.25) is 0 Å². The number of fused-ring (bicyclic) bond motifs is 1. The summed E-state index contributed by atoms with van der Waals surface area (Å²) in [5.41, 5.74) is 2.00. The first-order valence-electron chi connectivity index (χ1n) is 8.16. The fourth-order valence-corrected chi connectivity index (χ4v) is 2.61. The van der Waals surface area contributed by atoms with E-state index in [4.69, 9.17) is 25.8 Å². The Morgan fingerprint density at radius 2 is 1.96 bits per heavy atom. The maximum absolute atomic E-state index is 11.9. The van der Waals surface area contributed by atoms with Crippen LogP contribution in [0.3, 0.4) is 0 Å². The van der Waals surface area contributed by atoms with Gasteiger partial charge in [-0.15, -0.1) is 0 Å². The van der Waals surface area contributed by atoms with Gasteiger partial charge in [-0.2, -0.15) is 0 Å². The summed E-state index contributed by atoms with van der Waals surface area (Å²) < 4.78 is 16.5. The van der Waals surface area contributed by atoms with Crippen molar-refractivity contribution in [3.05, 3.63) is 52.5 Å². The molecule has 1 heterocycles. The average Bonchev–Trinajstić information content (AvgIpc) is 2.62. The Morgan fingerprint density at radius 3 is 2.76 bits per heavy atom. The van der Waals surface area contributed by atoms with Gasteiger partial charge in [0.1, 0.15) is 19.0 Å². The van der Waals surface area contributed by atoms with Gasteiger partial charge in [-0.05, 0) is 54.8 Å². The van der Waals surface area contributed by atoms with E-state index in [-0.39, 0.29) is 12.5 Å². The molecule has 0 fully saturated rings. The summed E-state index contributed by atoms with van der Waals surface area (Å²) in [6, 6.07) is 11.1. The van der Waals surface area contributed by atoms with Crippen molar-refractivity contribution < 1.29 is 19.0 Å². The van der Waals surface area contributed by atoms with Crippen LogP contribution in [-0.2, 0) is 11.2 Å². The van der Waals surface area contributed by atoms with E-state index in [9.17, 15) is 4.79 Å². The third-order valence-electron chi connectivity index (χ3n) is 3.84. The van der Waals surface area contributed by atoms with E-state index in [1.54, 1.807) is 12.1 Å². The van der Waals surface area contributed by atoms with Gasteiger partial charge in [-0.1, -0.05) is 17.7 Å². The van der Waals surface area contributed by atoms with Crippen molar-refractivity contribution in [2.75, 3.05) is 26.4 Å². The number of carbonyl (C=O) groups is 1. The molecule has 0 aromatic heterocycles. The largest absolute Gasteiger partial charge is 0.486 e. The van der Waals surface area contributed by atoms with E-state index in [0.29, 0.717) is 37.0 Å². The van der Waals surface area contributed by atoms with Crippen LogP contribution in [0.15, 0.2) is 36.4 Å². The van der Waals surface area contributed by atoms with Crippen molar-refractivity contribution in [1.82, 2.24) is 5.32 Å². The fraction of sp³-hybridized carbons (Fsp3) is 0.316. The number of nitrogens with one attached hydrogen (secondary N) is 1. The Labute approximate surface area is 151 Å². The molecule has 2 aromatic carbocycles. The van der Waals surface area contributed by atoms with Gasteiger partial charge in [0, 0.05) is 11.6 Å². The minimum Gasteiger partial charge on any atom is -0.486 e. The Hall–Kier alpha value is -2.40. The Kier molecular flexibility index (Phi) is 5.66. The number of ether oxygens (including phenoxy) is 3. The third-order valence-corrected chi connectivity index (χ3v) is 4.27. The van der Waals surface area contributed by atoms with Crippen LogP contribution in [0.25, 0.3) is 0 Å². The van der Waals surface area contributed by atoms with Gasteiger partial charge in [0.05, 0.1) is 0 Å². The molecule has 0 spiro atoms. The molecule has 0 saturated heterocycles. The van der Waals surface area contributed by atoms with Crippen LogP contribution in [0.4, 0.5) is 0 Å². The van der Waals surface area contributed by atoms with Crippen molar-refractivity contribution in [1.29, 1.82) is 0 Å². The predicted molar refractivity (Wildman–Crippen MR) is 95.8 cm³/mol. The molecule has 5 nitrogen and oxygen atoms in total. The minimum atomic E-state index is -0.162. The lowest BCUT2D eigenvalue weighted by molar-refractivity contribution is -0.123. The number of hydrogen-bond donors (Lipinski definition) is 1. The molecule has 1 N–H and O–H groups in total. The van der Waals surface area contributed by atoms with E-state index in [1.807, 2.05) is 31.2 Å². The monoisotopic (exact) mass is 361 g/mol. The normalized spacial score (nSPS) is 12.6. The molecule has 3 rings (SSSR count). The number of amides is 1. The molecule has 25 heavy (non-hydrogen) atoms. The lowest BCUT2D eigenvalue weighted by Crippen LogP contribution is -2.30. The van der Waals surface area contributed by atoms with Crippen molar-refractivity contribution in [2.24, 2.45) is 0 Å². The molecule has 6 heteroatoms. The molecule has 0 unspecified atom stereocenters. The number of hydrogen-bond acceptors (Lipinski definition) is 4. The number of aryl methyl sites for hydroxylation is 1. The highest BCUT2D eigenvalue weighted by Crippen LogP contribution is 2.30. The molecule has 1 aliphatic rings. The molecule has 0 radical (unpaired) electrons. The van der Waals surface area contributed by atoms with Crippen molar-refractivity contribution >= 4 is 17.5 Å². The maximum atomic E-state index is 11.9. The van der Waals surface area contributed by atoms with Crippen LogP contribution in [-0.4, -0.2) is 32.3 Å². The molecule has 1 amide bonds. The van der Waals surface area contributed by atoms with Gasteiger partial charge in [0.15, 0.2) is 18.1 Å². The van der Waals surface area contributed by atoms with Crippen LogP contribution < -0.4 is 19.5 Å². The van der Waals surface area contributed by atoms with Gasteiger partial charge < -0.3 is 19.5 Å². The van der Waals surface area contributed by atoms with Gasteiger partial charge in [0.25, 0.3) is 5.91 Å². The average molecular weight is 362 g/mol. The molecule has 132 valence electrons. The smallest absolute Gasteiger partial charge is 0.257 e. The van der Waals surface area contributed by atoms with E-state index in [1.165, 1.54) is 0 Å². The molecule has 0 saturated carbocycles. The number of halogens is 1. The highest BCUT2D eigenvalue weighted by atomic mass is 35.5. The van der Waals surface area contributed by atoms with E-state index in [0.717, 1.165) is 22.6 Å². The maximum Gasteiger partial charge on any atom is 0.257 e. The first-order valence-corrected chi connectivity index (χ1v) is 8.54. The quantitative estimate of drug-likeness (QED) is 0.858. The first kappa shape index (κ1) is 17.4. The Balaban J connectivity index is 1.42. The van der Waals surface area contributed by atoms with Crippen molar-refractivity contribution in [2.45, 2.75) is 13.3 Å². The van der Waals surface area contributed by atoms with Gasteiger partial charge in [-0.3, -0.25) is 4.79 Å². The SMILES string of the molecule is Cc1cc(OCC(=O)NCCc2ccc3c(c2)OCCO3)ccc1Cl. The number of benzene rings is 2. The second-order valence-corrected chi connectivity index (χ2v) is 6.18. The fourth-order valence-electron chi connectivity index (χ4n) is 2.50. The molecule has 2 aromatic rings. The van der Waals surface area contributed by atoms with E-state index >= 15 is 0 Å². The summed E-state index contributed by atoms with van der Waals surface area (Å²) in [5, 5.41) is 3.52. The second-order valence-electron chi connectivity index (χ2n) is 5.78. The van der Waals surface area contributed by atoms with Crippen LogP contribution in [0.2, 0.25) is 5.02 Å². The highest BCUT2D eigenvalue weighted by Gasteiger charge is 2.11. The Morgan fingerprint density at radius 1 is 1.16 bits per heavy atom. The summed E-state index contributed by atoms with van der Waals surface area (Å²) in [6.45, 7) is 3.54. The molecule has 0 atom stereocenters. The second kappa shape index (κ2) is 8.12. The summed E-state index contributed by atoms with van der Waals surface area (Å²) in [5.74, 6) is 2.00. The summed E-state index contributed by atoms with van der Waals surface area (Å²) in [7, 11) is 0.